The van der Waals surface area contributed by atoms with Gasteiger partial charge in [-0.2, -0.15) is 5.10 Å². The summed E-state index contributed by atoms with van der Waals surface area (Å²) in [6, 6.07) is 15.9. The zero-order valence-corrected chi connectivity index (χ0v) is 20.9. The molecule has 0 atom stereocenters. The number of methoxy groups -OCH3 is 2. The predicted octanol–water partition coefficient (Wildman–Crippen LogP) is 4.71. The van der Waals surface area contributed by atoms with Gasteiger partial charge in [-0.15, -0.1) is 0 Å². The molecule has 0 saturated carbocycles. The molecule has 9 nitrogen and oxygen atoms in total. The van der Waals surface area contributed by atoms with Crippen LogP contribution in [0.15, 0.2) is 65.8 Å². The molecule has 0 unspecified atom stereocenters. The highest BCUT2D eigenvalue weighted by atomic mass is 35.5. The Labute approximate surface area is 216 Å². The Balaban J connectivity index is 1.68. The zero-order valence-electron chi connectivity index (χ0n) is 19.4. The third-order valence-electron chi connectivity index (χ3n) is 4.82. The van der Waals surface area contributed by atoms with Crippen LogP contribution >= 0.6 is 23.2 Å². The molecule has 36 heavy (non-hydrogen) atoms. The highest BCUT2D eigenvalue weighted by molar-refractivity contribution is 6.45. The Kier molecular flexibility index (Phi) is 8.88. The molecule has 0 aliphatic carbocycles. The van der Waals surface area contributed by atoms with Gasteiger partial charge < -0.3 is 19.5 Å². The van der Waals surface area contributed by atoms with Crippen molar-refractivity contribution < 1.29 is 28.6 Å². The molecule has 3 rings (SSSR count). The van der Waals surface area contributed by atoms with Crippen LogP contribution in [0.2, 0.25) is 10.0 Å². The molecule has 0 aliphatic heterocycles. The fourth-order valence-electron chi connectivity index (χ4n) is 2.92. The summed E-state index contributed by atoms with van der Waals surface area (Å²) >= 11 is 11.9. The lowest BCUT2D eigenvalue weighted by Gasteiger charge is -2.11. The third-order valence-corrected chi connectivity index (χ3v) is 5.64. The normalized spacial score (nSPS) is 10.9. The summed E-state index contributed by atoms with van der Waals surface area (Å²) in [5.74, 6) is -1.62. The number of carbonyl (C=O) groups excluding carboxylic acids is 3. The van der Waals surface area contributed by atoms with E-state index in [1.807, 2.05) is 0 Å². The van der Waals surface area contributed by atoms with Gasteiger partial charge in [-0.1, -0.05) is 35.3 Å². The van der Waals surface area contributed by atoms with Crippen molar-refractivity contribution in [2.45, 2.75) is 6.92 Å². The summed E-state index contributed by atoms with van der Waals surface area (Å²) < 4.78 is 15.9. The first-order valence-corrected chi connectivity index (χ1v) is 11.1. The van der Waals surface area contributed by atoms with Gasteiger partial charge in [0.2, 0.25) is 0 Å². The minimum Gasteiger partial charge on any atom is -0.497 e. The third kappa shape index (κ3) is 6.53. The Hall–Kier alpha value is -4.08. The predicted molar refractivity (Wildman–Crippen MR) is 136 cm³/mol. The maximum atomic E-state index is 12.5. The van der Waals surface area contributed by atoms with Crippen LogP contribution in [0.1, 0.15) is 22.8 Å². The van der Waals surface area contributed by atoms with E-state index in [9.17, 15) is 14.4 Å². The van der Waals surface area contributed by atoms with E-state index >= 15 is 0 Å². The molecule has 0 radical (unpaired) electrons. The molecule has 3 aromatic rings. The molecular weight excluding hydrogens is 509 g/mol. The van der Waals surface area contributed by atoms with Crippen molar-refractivity contribution in [3.63, 3.8) is 0 Å². The van der Waals surface area contributed by atoms with Crippen LogP contribution in [0.5, 0.6) is 17.2 Å². The SMILES string of the molecule is COc1cccc(C(=O)Oc2ccc(/C(C)=N/NC(=O)C(=O)Nc3cccc(Cl)c3Cl)cc2OC)c1. The molecule has 11 heteroatoms. The van der Waals surface area contributed by atoms with E-state index < -0.39 is 17.8 Å². The van der Waals surface area contributed by atoms with Crippen LogP contribution in [0, 0.1) is 0 Å². The fraction of sp³-hybridized carbons (Fsp3) is 0.120. The molecule has 3 aromatic carbocycles. The first kappa shape index (κ1) is 26.5. The van der Waals surface area contributed by atoms with Gasteiger partial charge in [-0.05, 0) is 55.5 Å². The molecule has 0 fully saturated rings. The topological polar surface area (TPSA) is 115 Å². The first-order valence-electron chi connectivity index (χ1n) is 10.4. The highest BCUT2D eigenvalue weighted by Crippen LogP contribution is 2.30. The summed E-state index contributed by atoms with van der Waals surface area (Å²) in [6.45, 7) is 1.61. The standard InChI is InChI=1S/C25H21Cl2N3O6/c1-14(29-30-24(32)23(31)28-19-9-5-8-18(26)22(19)27)15-10-11-20(21(13-15)35-3)36-25(33)16-6-4-7-17(12-16)34-2/h4-13H,1-3H3,(H,28,31)(H,30,32)/b29-14+. The van der Waals surface area contributed by atoms with E-state index in [0.717, 1.165) is 0 Å². The van der Waals surface area contributed by atoms with E-state index in [2.05, 4.69) is 15.8 Å². The molecule has 0 saturated heterocycles. The van der Waals surface area contributed by atoms with Gasteiger partial charge in [-0.3, -0.25) is 9.59 Å². The summed E-state index contributed by atoms with van der Waals surface area (Å²) in [7, 11) is 2.92. The number of nitrogens with one attached hydrogen (secondary N) is 2. The van der Waals surface area contributed by atoms with Gasteiger partial charge in [0.25, 0.3) is 0 Å². The number of hydrazone groups is 1. The van der Waals surface area contributed by atoms with Crippen molar-refractivity contribution in [3.05, 3.63) is 81.8 Å². The van der Waals surface area contributed by atoms with Gasteiger partial charge in [0, 0.05) is 5.56 Å². The minimum absolute atomic E-state index is 0.110. The smallest absolute Gasteiger partial charge is 0.343 e. The summed E-state index contributed by atoms with van der Waals surface area (Å²) in [4.78, 5) is 36.8. The lowest BCUT2D eigenvalue weighted by atomic mass is 10.1. The van der Waals surface area contributed by atoms with Gasteiger partial charge >= 0.3 is 17.8 Å². The Morgan fingerprint density at radius 2 is 1.58 bits per heavy atom. The quantitative estimate of drug-likeness (QED) is 0.150. The molecule has 0 aliphatic rings. The molecule has 0 aromatic heterocycles. The van der Waals surface area contributed by atoms with Crippen molar-refractivity contribution in [1.29, 1.82) is 0 Å². The fourth-order valence-corrected chi connectivity index (χ4v) is 3.26. The number of esters is 1. The molecule has 2 N–H and O–H groups in total. The van der Waals surface area contributed by atoms with Crippen LogP contribution in [0.4, 0.5) is 5.69 Å². The van der Waals surface area contributed by atoms with Crippen LogP contribution in [-0.4, -0.2) is 37.7 Å². The number of halogens is 2. The van der Waals surface area contributed by atoms with E-state index in [0.29, 0.717) is 22.6 Å². The van der Waals surface area contributed by atoms with Crippen molar-refractivity contribution in [1.82, 2.24) is 5.43 Å². The maximum Gasteiger partial charge on any atom is 0.343 e. The lowest BCUT2D eigenvalue weighted by molar-refractivity contribution is -0.136. The zero-order chi connectivity index (χ0) is 26.2. The second-order valence-electron chi connectivity index (χ2n) is 7.18. The van der Waals surface area contributed by atoms with Crippen LogP contribution < -0.4 is 25.0 Å². The van der Waals surface area contributed by atoms with E-state index in [4.69, 9.17) is 37.4 Å². The van der Waals surface area contributed by atoms with E-state index in [-0.39, 0.29) is 27.2 Å². The number of benzene rings is 3. The van der Waals surface area contributed by atoms with Crippen molar-refractivity contribution in [2.24, 2.45) is 5.10 Å². The van der Waals surface area contributed by atoms with Gasteiger partial charge in [0.15, 0.2) is 11.5 Å². The number of rotatable bonds is 7. The average molecular weight is 530 g/mol. The monoisotopic (exact) mass is 529 g/mol. The molecule has 0 spiro atoms. The van der Waals surface area contributed by atoms with Crippen LogP contribution in [-0.2, 0) is 9.59 Å². The van der Waals surface area contributed by atoms with E-state index in [1.54, 1.807) is 55.5 Å². The number of anilines is 1. The first-order chi connectivity index (χ1) is 17.2. The number of nitrogens with zero attached hydrogens (tertiary/aromatic N) is 1. The minimum atomic E-state index is -1.01. The maximum absolute atomic E-state index is 12.5. The van der Waals surface area contributed by atoms with Crippen LogP contribution in [0.25, 0.3) is 0 Å². The molecule has 0 heterocycles. The van der Waals surface area contributed by atoms with Gasteiger partial charge in [-0.25, -0.2) is 10.2 Å². The van der Waals surface area contributed by atoms with Crippen molar-refractivity contribution in [2.75, 3.05) is 19.5 Å². The molecule has 186 valence electrons. The highest BCUT2D eigenvalue weighted by Gasteiger charge is 2.17. The number of ether oxygens (including phenoxy) is 3. The summed E-state index contributed by atoms with van der Waals surface area (Å²) in [5, 5.41) is 6.66. The van der Waals surface area contributed by atoms with Crippen molar-refractivity contribution in [3.8, 4) is 17.2 Å². The molecule has 2 amide bonds. The second-order valence-corrected chi connectivity index (χ2v) is 7.97. The van der Waals surface area contributed by atoms with Gasteiger partial charge in [0.1, 0.15) is 5.75 Å². The number of hydrogen-bond acceptors (Lipinski definition) is 7. The molecule has 0 bridgehead atoms. The number of amides is 2. The number of hydrogen-bond donors (Lipinski definition) is 2. The molecular formula is C25H21Cl2N3O6. The second kappa shape index (κ2) is 12.1. The largest absolute Gasteiger partial charge is 0.497 e. The Morgan fingerprint density at radius 3 is 2.31 bits per heavy atom. The average Bonchev–Trinajstić information content (AvgIpc) is 2.89. The van der Waals surface area contributed by atoms with Crippen LogP contribution in [0.3, 0.4) is 0 Å². The summed E-state index contributed by atoms with van der Waals surface area (Å²) in [6.07, 6.45) is 0. The van der Waals surface area contributed by atoms with Crippen molar-refractivity contribution >= 4 is 52.4 Å². The summed E-state index contributed by atoms with van der Waals surface area (Å²) in [5.41, 5.74) is 3.58. The Bertz CT molecular complexity index is 1340. The Morgan fingerprint density at radius 1 is 0.833 bits per heavy atom. The number of carbonyl (C=O) groups is 3. The van der Waals surface area contributed by atoms with E-state index in [1.165, 1.54) is 26.4 Å². The lowest BCUT2D eigenvalue weighted by Crippen LogP contribution is -2.33. The van der Waals surface area contributed by atoms with Gasteiger partial charge in [0.05, 0.1) is 41.2 Å².